The topological polar surface area (TPSA) is 38.6 Å². The zero-order valence-corrected chi connectivity index (χ0v) is 9.68. The van der Waals surface area contributed by atoms with Gasteiger partial charge in [0.2, 0.25) is 0 Å². The van der Waals surface area contributed by atoms with E-state index in [1.165, 1.54) is 5.56 Å². The number of nitrogens with zero attached hydrogens (tertiary/aromatic N) is 2. The third kappa shape index (κ3) is 2.08. The number of pyridine rings is 1. The summed E-state index contributed by atoms with van der Waals surface area (Å²) in [5.74, 6) is 0. The van der Waals surface area contributed by atoms with Crippen LogP contribution >= 0.6 is 0 Å². The Hall–Kier alpha value is -1.39. The van der Waals surface area contributed by atoms with E-state index in [1.54, 1.807) is 0 Å². The Morgan fingerprint density at radius 1 is 1.50 bits per heavy atom. The fraction of sp³-hybridized carbons (Fsp3) is 0.417. The van der Waals surface area contributed by atoms with Gasteiger partial charge in [-0.25, -0.2) is 4.52 Å². The molecule has 0 spiro atoms. The van der Waals surface area contributed by atoms with Gasteiger partial charge in [0.05, 0.1) is 24.4 Å². The van der Waals surface area contributed by atoms with E-state index in [0.29, 0.717) is 6.61 Å². The van der Waals surface area contributed by atoms with Crippen LogP contribution < -0.4 is 5.32 Å². The van der Waals surface area contributed by atoms with Gasteiger partial charge in [-0.3, -0.25) is 0 Å². The van der Waals surface area contributed by atoms with Crippen molar-refractivity contribution in [1.82, 2.24) is 14.9 Å². The first-order chi connectivity index (χ1) is 7.86. The molecule has 2 aromatic rings. The number of likely N-dealkylation sites (N-methyl/N-ethyl adjacent to an activating group) is 1. The minimum Gasteiger partial charge on any atom is -0.380 e. The van der Waals surface area contributed by atoms with E-state index in [1.807, 2.05) is 43.0 Å². The molecule has 0 saturated carbocycles. The number of hydrogen-bond acceptors (Lipinski definition) is 3. The second kappa shape index (κ2) is 5.09. The number of aromatic nitrogens is 2. The molecule has 0 aliphatic carbocycles. The van der Waals surface area contributed by atoms with Crippen molar-refractivity contribution >= 4 is 5.52 Å². The van der Waals surface area contributed by atoms with Gasteiger partial charge in [-0.1, -0.05) is 6.07 Å². The van der Waals surface area contributed by atoms with Crippen molar-refractivity contribution < 1.29 is 4.74 Å². The molecule has 0 aliphatic heterocycles. The van der Waals surface area contributed by atoms with E-state index in [-0.39, 0.29) is 6.04 Å². The molecule has 0 bridgehead atoms. The predicted molar refractivity (Wildman–Crippen MR) is 63.5 cm³/mol. The Balaban J connectivity index is 2.30. The van der Waals surface area contributed by atoms with E-state index < -0.39 is 0 Å². The van der Waals surface area contributed by atoms with Crippen LogP contribution in [0, 0.1) is 0 Å². The molecule has 2 rings (SSSR count). The highest BCUT2D eigenvalue weighted by atomic mass is 16.5. The van der Waals surface area contributed by atoms with Gasteiger partial charge in [-0.15, -0.1) is 0 Å². The number of ether oxygens (including phenoxy) is 1. The third-order valence-electron chi connectivity index (χ3n) is 2.67. The van der Waals surface area contributed by atoms with Gasteiger partial charge in [0, 0.05) is 18.4 Å². The number of fused-ring (bicyclic) bond motifs is 1. The van der Waals surface area contributed by atoms with Crippen LogP contribution in [0.1, 0.15) is 18.5 Å². The monoisotopic (exact) mass is 219 g/mol. The summed E-state index contributed by atoms with van der Waals surface area (Å²) in [4.78, 5) is 0. The highest BCUT2D eigenvalue weighted by Gasteiger charge is 2.14. The maximum absolute atomic E-state index is 5.46. The van der Waals surface area contributed by atoms with Crippen LogP contribution in [-0.2, 0) is 4.74 Å². The maximum Gasteiger partial charge on any atom is 0.0710 e. The molecule has 1 N–H and O–H groups in total. The molecule has 16 heavy (non-hydrogen) atoms. The molecule has 0 radical (unpaired) electrons. The van der Waals surface area contributed by atoms with Crippen LogP contribution in [0.4, 0.5) is 0 Å². The lowest BCUT2D eigenvalue weighted by Crippen LogP contribution is -2.21. The summed E-state index contributed by atoms with van der Waals surface area (Å²) in [5.41, 5.74) is 2.30. The van der Waals surface area contributed by atoms with Crippen molar-refractivity contribution in [2.24, 2.45) is 0 Å². The van der Waals surface area contributed by atoms with E-state index >= 15 is 0 Å². The fourth-order valence-corrected chi connectivity index (χ4v) is 1.79. The summed E-state index contributed by atoms with van der Waals surface area (Å²) < 4.78 is 7.34. The normalized spacial score (nSPS) is 13.1. The largest absolute Gasteiger partial charge is 0.380 e. The van der Waals surface area contributed by atoms with E-state index in [2.05, 4.69) is 16.5 Å². The first-order valence-electron chi connectivity index (χ1n) is 5.54. The van der Waals surface area contributed by atoms with Crippen molar-refractivity contribution in [1.29, 1.82) is 0 Å². The van der Waals surface area contributed by atoms with Gasteiger partial charge in [-0.2, -0.15) is 5.10 Å². The van der Waals surface area contributed by atoms with Crippen molar-refractivity contribution in [2.75, 3.05) is 20.3 Å². The molecule has 0 fully saturated rings. The molecule has 4 nitrogen and oxygen atoms in total. The average molecular weight is 219 g/mol. The van der Waals surface area contributed by atoms with Gasteiger partial charge >= 0.3 is 0 Å². The molecule has 2 aromatic heterocycles. The van der Waals surface area contributed by atoms with Crippen molar-refractivity contribution in [3.8, 4) is 0 Å². The zero-order valence-electron chi connectivity index (χ0n) is 9.68. The molecule has 0 amide bonds. The van der Waals surface area contributed by atoms with E-state index in [4.69, 9.17) is 4.74 Å². The highest BCUT2D eigenvalue weighted by molar-refractivity contribution is 5.54. The molecule has 2 heterocycles. The van der Waals surface area contributed by atoms with E-state index in [0.717, 1.165) is 12.1 Å². The first-order valence-corrected chi connectivity index (χ1v) is 5.54. The van der Waals surface area contributed by atoms with Crippen LogP contribution in [0.5, 0.6) is 0 Å². The van der Waals surface area contributed by atoms with Crippen LogP contribution in [-0.4, -0.2) is 29.9 Å². The highest BCUT2D eigenvalue weighted by Crippen LogP contribution is 2.18. The maximum atomic E-state index is 5.46. The number of nitrogens with one attached hydrogen (secondary N) is 1. The van der Waals surface area contributed by atoms with Crippen LogP contribution in [0.3, 0.4) is 0 Å². The lowest BCUT2D eigenvalue weighted by molar-refractivity contribution is 0.125. The molecule has 4 heteroatoms. The molecular formula is C12H17N3O. The summed E-state index contributed by atoms with van der Waals surface area (Å²) in [6.45, 7) is 3.41. The van der Waals surface area contributed by atoms with Crippen molar-refractivity contribution in [3.05, 3.63) is 36.2 Å². The molecule has 0 saturated heterocycles. The smallest absolute Gasteiger partial charge is 0.0710 e. The quantitative estimate of drug-likeness (QED) is 0.830. The predicted octanol–water partition coefficient (Wildman–Crippen LogP) is 1.63. The van der Waals surface area contributed by atoms with Crippen molar-refractivity contribution in [3.63, 3.8) is 0 Å². The third-order valence-corrected chi connectivity index (χ3v) is 2.67. The lowest BCUT2D eigenvalue weighted by Gasteiger charge is -2.14. The molecule has 0 aromatic carbocycles. The van der Waals surface area contributed by atoms with Gasteiger partial charge in [0.25, 0.3) is 0 Å². The molecule has 86 valence electrons. The molecular weight excluding hydrogens is 202 g/mol. The zero-order chi connectivity index (χ0) is 11.4. The second-order valence-corrected chi connectivity index (χ2v) is 3.63. The number of hydrogen-bond donors (Lipinski definition) is 1. The Morgan fingerprint density at radius 2 is 2.38 bits per heavy atom. The summed E-state index contributed by atoms with van der Waals surface area (Å²) >= 11 is 0. The second-order valence-electron chi connectivity index (χ2n) is 3.63. The number of rotatable bonds is 5. The Kier molecular flexibility index (Phi) is 3.54. The van der Waals surface area contributed by atoms with Gasteiger partial charge in [-0.05, 0) is 26.1 Å². The average Bonchev–Trinajstić information content (AvgIpc) is 2.75. The van der Waals surface area contributed by atoms with Gasteiger partial charge < -0.3 is 10.1 Å². The Labute approximate surface area is 95.2 Å². The van der Waals surface area contributed by atoms with Gasteiger partial charge in [0.15, 0.2) is 0 Å². The SMILES string of the molecule is CCOCC(NC)c1cnn2ccccc12. The Bertz CT molecular complexity index is 452. The standard InChI is InChI=1S/C12H17N3O/c1-3-16-9-11(13-2)10-8-14-15-7-5-4-6-12(10)15/h4-8,11,13H,3,9H2,1-2H3. The fourth-order valence-electron chi connectivity index (χ4n) is 1.79. The minimum atomic E-state index is 0.194. The summed E-state index contributed by atoms with van der Waals surface area (Å²) in [5, 5.41) is 7.57. The summed E-state index contributed by atoms with van der Waals surface area (Å²) in [7, 11) is 1.94. The summed E-state index contributed by atoms with van der Waals surface area (Å²) in [6.07, 6.45) is 3.85. The molecule has 1 unspecified atom stereocenters. The first kappa shape index (κ1) is 11.1. The van der Waals surface area contributed by atoms with Crippen LogP contribution in [0.15, 0.2) is 30.6 Å². The van der Waals surface area contributed by atoms with Crippen LogP contribution in [0.25, 0.3) is 5.52 Å². The van der Waals surface area contributed by atoms with Crippen LogP contribution in [0.2, 0.25) is 0 Å². The molecule has 0 aliphatic rings. The lowest BCUT2D eigenvalue weighted by atomic mass is 10.1. The van der Waals surface area contributed by atoms with Gasteiger partial charge in [0.1, 0.15) is 0 Å². The van der Waals surface area contributed by atoms with E-state index in [9.17, 15) is 0 Å². The minimum absolute atomic E-state index is 0.194. The summed E-state index contributed by atoms with van der Waals surface area (Å²) in [6, 6.07) is 6.26. The van der Waals surface area contributed by atoms with Crippen molar-refractivity contribution in [2.45, 2.75) is 13.0 Å². The molecule has 1 atom stereocenters. The Morgan fingerprint density at radius 3 is 3.12 bits per heavy atom.